The quantitative estimate of drug-likeness (QED) is 0.353. The van der Waals surface area contributed by atoms with Crippen LogP contribution in [0.5, 0.6) is 0 Å². The van der Waals surface area contributed by atoms with E-state index in [0.717, 1.165) is 19.3 Å². The van der Waals surface area contributed by atoms with E-state index in [9.17, 15) is 4.79 Å². The molecule has 0 aromatic carbocycles. The second-order valence-electron chi connectivity index (χ2n) is 2.38. The van der Waals surface area contributed by atoms with Crippen LogP contribution in [-0.2, 0) is 9.53 Å². The Morgan fingerprint density at radius 2 is 2.18 bits per heavy atom. The number of carbonyl (C=O) groups is 1. The van der Waals surface area contributed by atoms with Crippen molar-refractivity contribution >= 4 is 17.7 Å². The van der Waals surface area contributed by atoms with Gasteiger partial charge in [-0.3, -0.25) is 4.79 Å². The van der Waals surface area contributed by atoms with Gasteiger partial charge in [0.25, 0.3) is 0 Å². The molecule has 2 nitrogen and oxygen atoms in total. The predicted octanol–water partition coefficient (Wildman–Crippen LogP) is 2.43. The van der Waals surface area contributed by atoms with E-state index in [-0.39, 0.29) is 5.97 Å². The molecule has 0 aliphatic carbocycles. The fourth-order valence-electron chi connectivity index (χ4n) is 0.716. The lowest BCUT2D eigenvalue weighted by Gasteiger charge is -2.00. The Kier molecular flexibility index (Phi) is 7.79. The van der Waals surface area contributed by atoms with Crippen molar-refractivity contribution in [1.29, 1.82) is 0 Å². The summed E-state index contributed by atoms with van der Waals surface area (Å²) in [4.78, 5) is 10.8. The van der Waals surface area contributed by atoms with Crippen molar-refractivity contribution in [3.05, 3.63) is 0 Å². The highest BCUT2D eigenvalue weighted by molar-refractivity contribution is 7.98. The summed E-state index contributed by atoms with van der Waals surface area (Å²) in [6, 6.07) is 0. The second kappa shape index (κ2) is 7.92. The lowest BCUT2D eigenvalue weighted by atomic mass is 10.2. The maximum Gasteiger partial charge on any atom is 0.306 e. The SMILES string of the molecule is CCCCCC(=O)OCSC. The third-order valence-electron chi connectivity index (χ3n) is 1.32. The van der Waals surface area contributed by atoms with Crippen LogP contribution in [0.3, 0.4) is 0 Å². The van der Waals surface area contributed by atoms with E-state index in [0.29, 0.717) is 12.4 Å². The van der Waals surface area contributed by atoms with Gasteiger partial charge >= 0.3 is 5.97 Å². The highest BCUT2D eigenvalue weighted by Gasteiger charge is 1.99. The van der Waals surface area contributed by atoms with Gasteiger partial charge in [-0.1, -0.05) is 19.8 Å². The van der Waals surface area contributed by atoms with Gasteiger partial charge in [-0.2, -0.15) is 0 Å². The van der Waals surface area contributed by atoms with E-state index in [1.54, 1.807) is 0 Å². The van der Waals surface area contributed by atoms with Crippen LogP contribution >= 0.6 is 11.8 Å². The molecule has 0 N–H and O–H groups in total. The Bertz CT molecular complexity index is 104. The molecule has 3 heteroatoms. The predicted molar refractivity (Wildman–Crippen MR) is 48.6 cm³/mol. The zero-order valence-electron chi connectivity index (χ0n) is 7.26. The zero-order valence-corrected chi connectivity index (χ0v) is 8.08. The maximum absolute atomic E-state index is 10.8. The Balaban J connectivity index is 3.09. The molecule has 0 bridgehead atoms. The van der Waals surface area contributed by atoms with Gasteiger partial charge in [0.2, 0.25) is 0 Å². The number of hydrogen-bond donors (Lipinski definition) is 0. The number of hydrogen-bond acceptors (Lipinski definition) is 3. The van der Waals surface area contributed by atoms with Crippen LogP contribution in [0.25, 0.3) is 0 Å². The Labute approximate surface area is 72.7 Å². The monoisotopic (exact) mass is 176 g/mol. The average molecular weight is 176 g/mol. The van der Waals surface area contributed by atoms with Crippen LogP contribution in [-0.4, -0.2) is 18.2 Å². The Hall–Kier alpha value is -0.180. The molecule has 0 unspecified atom stereocenters. The molecule has 0 aromatic heterocycles. The smallest absolute Gasteiger partial charge is 0.306 e. The van der Waals surface area contributed by atoms with Crippen LogP contribution < -0.4 is 0 Å². The summed E-state index contributed by atoms with van der Waals surface area (Å²) in [6.45, 7) is 2.12. The van der Waals surface area contributed by atoms with Gasteiger partial charge in [-0.25, -0.2) is 0 Å². The minimum Gasteiger partial charge on any atom is -0.455 e. The van der Waals surface area contributed by atoms with Crippen LogP contribution in [0.2, 0.25) is 0 Å². The van der Waals surface area contributed by atoms with E-state index in [4.69, 9.17) is 4.74 Å². The Morgan fingerprint density at radius 1 is 1.45 bits per heavy atom. The standard InChI is InChI=1S/C8H16O2S/c1-3-4-5-6-8(9)10-7-11-2/h3-7H2,1-2H3. The summed E-state index contributed by atoms with van der Waals surface area (Å²) in [7, 11) is 0. The highest BCUT2D eigenvalue weighted by Crippen LogP contribution is 2.02. The van der Waals surface area contributed by atoms with Crippen LogP contribution in [0.4, 0.5) is 0 Å². The molecule has 0 aliphatic heterocycles. The molecule has 0 heterocycles. The molecule has 0 fully saturated rings. The highest BCUT2D eigenvalue weighted by atomic mass is 32.2. The van der Waals surface area contributed by atoms with E-state index >= 15 is 0 Å². The minimum atomic E-state index is -0.0622. The maximum atomic E-state index is 10.8. The van der Waals surface area contributed by atoms with Gasteiger partial charge in [0.15, 0.2) is 0 Å². The van der Waals surface area contributed by atoms with Gasteiger partial charge in [-0.15, -0.1) is 11.8 Å². The summed E-state index contributed by atoms with van der Waals surface area (Å²) < 4.78 is 4.86. The molecule has 0 saturated carbocycles. The van der Waals surface area contributed by atoms with Gasteiger partial charge in [0.05, 0.1) is 0 Å². The first-order chi connectivity index (χ1) is 5.31. The third kappa shape index (κ3) is 7.72. The summed E-state index contributed by atoms with van der Waals surface area (Å²) in [5.41, 5.74) is 0. The molecule has 0 saturated heterocycles. The van der Waals surface area contributed by atoms with Crippen LogP contribution in [0.15, 0.2) is 0 Å². The number of carbonyl (C=O) groups excluding carboxylic acids is 1. The summed E-state index contributed by atoms with van der Waals surface area (Å²) in [5, 5.41) is 0. The summed E-state index contributed by atoms with van der Waals surface area (Å²) in [6.07, 6.45) is 5.72. The van der Waals surface area contributed by atoms with Crippen LogP contribution in [0, 0.1) is 0 Å². The lowest BCUT2D eigenvalue weighted by Crippen LogP contribution is -2.02. The normalized spacial score (nSPS) is 9.64. The number of thioether (sulfide) groups is 1. The number of unbranched alkanes of at least 4 members (excludes halogenated alkanes) is 2. The molecular formula is C8H16O2S. The van der Waals surface area contributed by atoms with Crippen molar-refractivity contribution in [2.24, 2.45) is 0 Å². The minimum absolute atomic E-state index is 0.0622. The van der Waals surface area contributed by atoms with E-state index < -0.39 is 0 Å². The van der Waals surface area contributed by atoms with E-state index in [1.807, 2.05) is 6.26 Å². The number of rotatable bonds is 6. The van der Waals surface area contributed by atoms with Gasteiger partial charge in [0.1, 0.15) is 5.94 Å². The van der Waals surface area contributed by atoms with Crippen molar-refractivity contribution < 1.29 is 9.53 Å². The first-order valence-electron chi connectivity index (χ1n) is 3.95. The molecule has 0 aliphatic rings. The molecule has 0 amide bonds. The third-order valence-corrected chi connectivity index (χ3v) is 1.68. The molecule has 0 rings (SSSR count). The number of ether oxygens (including phenoxy) is 1. The average Bonchev–Trinajstić information content (AvgIpc) is 2.01. The fourth-order valence-corrected chi connectivity index (χ4v) is 0.965. The van der Waals surface area contributed by atoms with Crippen LogP contribution in [0.1, 0.15) is 32.6 Å². The van der Waals surface area contributed by atoms with Crippen molar-refractivity contribution in [3.63, 3.8) is 0 Å². The van der Waals surface area contributed by atoms with Crippen molar-refractivity contribution in [2.75, 3.05) is 12.2 Å². The lowest BCUT2D eigenvalue weighted by molar-refractivity contribution is -0.141. The zero-order chi connectivity index (χ0) is 8.53. The topological polar surface area (TPSA) is 26.3 Å². The molecule has 0 spiro atoms. The molecule has 0 radical (unpaired) electrons. The van der Waals surface area contributed by atoms with Crippen molar-refractivity contribution in [2.45, 2.75) is 32.6 Å². The molecule has 0 aromatic rings. The van der Waals surface area contributed by atoms with Crippen molar-refractivity contribution in [1.82, 2.24) is 0 Å². The first kappa shape index (κ1) is 10.8. The molecule has 66 valence electrons. The van der Waals surface area contributed by atoms with E-state index in [2.05, 4.69) is 6.92 Å². The van der Waals surface area contributed by atoms with Gasteiger partial charge < -0.3 is 4.74 Å². The van der Waals surface area contributed by atoms with Crippen molar-refractivity contribution in [3.8, 4) is 0 Å². The molecule has 0 atom stereocenters. The second-order valence-corrected chi connectivity index (χ2v) is 3.19. The largest absolute Gasteiger partial charge is 0.455 e. The molecular weight excluding hydrogens is 160 g/mol. The van der Waals surface area contributed by atoms with Gasteiger partial charge in [-0.05, 0) is 12.7 Å². The fraction of sp³-hybridized carbons (Fsp3) is 0.875. The Morgan fingerprint density at radius 3 is 2.73 bits per heavy atom. The summed E-state index contributed by atoms with van der Waals surface area (Å²) in [5.74, 6) is 0.429. The first-order valence-corrected chi connectivity index (χ1v) is 5.35. The number of esters is 1. The van der Waals surface area contributed by atoms with E-state index in [1.165, 1.54) is 11.8 Å². The van der Waals surface area contributed by atoms with Gasteiger partial charge in [0, 0.05) is 6.42 Å². The summed E-state index contributed by atoms with van der Waals surface area (Å²) >= 11 is 1.53. The molecule has 11 heavy (non-hydrogen) atoms.